The third kappa shape index (κ3) is 5.41. The topological polar surface area (TPSA) is 108 Å². The predicted molar refractivity (Wildman–Crippen MR) is 78.7 cm³/mol. The van der Waals surface area contributed by atoms with Gasteiger partial charge in [0.15, 0.2) is 0 Å². The van der Waals surface area contributed by atoms with Crippen LogP contribution in [-0.4, -0.2) is 38.6 Å². The lowest BCUT2D eigenvalue weighted by atomic mass is 10.1. The number of nitrogens with one attached hydrogen (secondary N) is 1. The number of hydrogen-bond acceptors (Lipinski definition) is 6. The molecule has 21 heavy (non-hydrogen) atoms. The number of benzene rings is 1. The average molecular weight is 317 g/mol. The first-order chi connectivity index (χ1) is 9.51. The Kier molecular flexibility index (Phi) is 8.03. The van der Waals surface area contributed by atoms with Crippen molar-refractivity contribution in [2.75, 3.05) is 26.1 Å². The van der Waals surface area contributed by atoms with Crippen molar-refractivity contribution in [3.63, 3.8) is 0 Å². The van der Waals surface area contributed by atoms with Crippen LogP contribution in [0.5, 0.6) is 0 Å². The molecule has 7 nitrogen and oxygen atoms in total. The fourth-order valence-electron chi connectivity index (χ4n) is 1.53. The second-order valence-electron chi connectivity index (χ2n) is 3.87. The number of nitrogens with two attached hydrogens (primary N) is 1. The normalized spacial score (nSPS) is 9.29. The van der Waals surface area contributed by atoms with Crippen molar-refractivity contribution in [1.82, 2.24) is 0 Å². The highest BCUT2D eigenvalue weighted by Crippen LogP contribution is 2.17. The Morgan fingerprint density at radius 1 is 1.05 bits per heavy atom. The highest BCUT2D eigenvalue weighted by molar-refractivity contribution is 5.99. The molecule has 0 saturated heterocycles. The van der Waals surface area contributed by atoms with Crippen LogP contribution in [-0.2, 0) is 14.3 Å². The summed E-state index contributed by atoms with van der Waals surface area (Å²) in [6.45, 7) is 0.201. The molecule has 0 spiro atoms. The van der Waals surface area contributed by atoms with Crippen molar-refractivity contribution in [2.24, 2.45) is 5.73 Å². The van der Waals surface area contributed by atoms with E-state index in [-0.39, 0.29) is 42.4 Å². The molecule has 0 radical (unpaired) electrons. The summed E-state index contributed by atoms with van der Waals surface area (Å²) in [4.78, 5) is 34.6. The smallest absolute Gasteiger partial charge is 0.337 e. The molecule has 0 saturated carbocycles. The number of esters is 2. The van der Waals surface area contributed by atoms with Gasteiger partial charge in [-0.25, -0.2) is 9.59 Å². The fourth-order valence-corrected chi connectivity index (χ4v) is 1.53. The maximum absolute atomic E-state index is 11.5. The molecule has 0 fully saturated rings. The van der Waals surface area contributed by atoms with E-state index >= 15 is 0 Å². The van der Waals surface area contributed by atoms with Gasteiger partial charge in [0.2, 0.25) is 5.91 Å². The Morgan fingerprint density at radius 3 is 1.90 bits per heavy atom. The molecule has 0 unspecified atom stereocenters. The van der Waals surface area contributed by atoms with Gasteiger partial charge >= 0.3 is 11.9 Å². The van der Waals surface area contributed by atoms with Crippen LogP contribution in [0.25, 0.3) is 0 Å². The molecular formula is C13H17ClN2O5. The molecule has 1 rings (SSSR count). The Bertz CT molecular complexity index is 499. The molecule has 8 heteroatoms. The second kappa shape index (κ2) is 8.93. The van der Waals surface area contributed by atoms with Crippen LogP contribution in [0.15, 0.2) is 18.2 Å². The van der Waals surface area contributed by atoms with Crippen molar-refractivity contribution in [2.45, 2.75) is 6.42 Å². The number of hydrogen-bond donors (Lipinski definition) is 2. The lowest BCUT2D eigenvalue weighted by molar-refractivity contribution is -0.116. The summed E-state index contributed by atoms with van der Waals surface area (Å²) in [7, 11) is 2.44. The molecule has 116 valence electrons. The van der Waals surface area contributed by atoms with Crippen LogP contribution in [0.1, 0.15) is 27.1 Å². The first-order valence-electron chi connectivity index (χ1n) is 5.83. The molecule has 3 N–H and O–H groups in total. The molecule has 0 heterocycles. The van der Waals surface area contributed by atoms with Gasteiger partial charge in [-0.3, -0.25) is 4.79 Å². The molecule has 1 aromatic rings. The Morgan fingerprint density at radius 2 is 1.52 bits per heavy atom. The van der Waals surface area contributed by atoms with Crippen LogP contribution >= 0.6 is 12.4 Å². The van der Waals surface area contributed by atoms with Gasteiger partial charge in [0, 0.05) is 18.7 Å². The van der Waals surface area contributed by atoms with Crippen molar-refractivity contribution >= 4 is 35.9 Å². The van der Waals surface area contributed by atoms with E-state index in [2.05, 4.69) is 14.8 Å². The summed E-state index contributed by atoms with van der Waals surface area (Å²) in [5, 5.41) is 2.55. The lowest BCUT2D eigenvalue weighted by Gasteiger charge is -2.09. The molecule has 0 aliphatic carbocycles. The zero-order valence-electron chi connectivity index (χ0n) is 11.7. The third-order valence-electron chi connectivity index (χ3n) is 2.43. The Labute approximate surface area is 128 Å². The zero-order chi connectivity index (χ0) is 15.1. The molecule has 0 bridgehead atoms. The van der Waals surface area contributed by atoms with E-state index in [1.165, 1.54) is 32.4 Å². The van der Waals surface area contributed by atoms with Crippen LogP contribution in [0, 0.1) is 0 Å². The average Bonchev–Trinajstić information content (AvgIpc) is 2.45. The summed E-state index contributed by atoms with van der Waals surface area (Å²) < 4.78 is 9.18. The molecule has 0 aliphatic heterocycles. The van der Waals surface area contributed by atoms with Gasteiger partial charge in [0.1, 0.15) is 0 Å². The summed E-state index contributed by atoms with van der Waals surface area (Å²) in [5.41, 5.74) is 5.85. The minimum absolute atomic E-state index is 0. The van der Waals surface area contributed by atoms with Gasteiger partial charge in [0.05, 0.1) is 25.3 Å². The van der Waals surface area contributed by atoms with Crippen LogP contribution < -0.4 is 11.1 Å². The van der Waals surface area contributed by atoms with E-state index in [0.29, 0.717) is 5.69 Å². The number of rotatable bonds is 5. The number of ether oxygens (including phenoxy) is 2. The van der Waals surface area contributed by atoms with Gasteiger partial charge in [-0.2, -0.15) is 0 Å². The summed E-state index contributed by atoms with van der Waals surface area (Å²) in [5.74, 6) is -1.56. The third-order valence-corrected chi connectivity index (χ3v) is 2.43. The van der Waals surface area contributed by atoms with E-state index in [4.69, 9.17) is 5.73 Å². The van der Waals surface area contributed by atoms with Crippen molar-refractivity contribution < 1.29 is 23.9 Å². The first-order valence-corrected chi connectivity index (χ1v) is 5.83. The molecule has 0 atom stereocenters. The van der Waals surface area contributed by atoms with Gasteiger partial charge in [0.25, 0.3) is 0 Å². The highest BCUT2D eigenvalue weighted by atomic mass is 35.5. The molecule has 1 aromatic carbocycles. The van der Waals surface area contributed by atoms with Crippen LogP contribution in [0.3, 0.4) is 0 Å². The Balaban J connectivity index is 0.00000400. The minimum Gasteiger partial charge on any atom is -0.465 e. The molecule has 0 aromatic heterocycles. The fraction of sp³-hybridized carbons (Fsp3) is 0.308. The number of amides is 1. The maximum Gasteiger partial charge on any atom is 0.337 e. The monoisotopic (exact) mass is 316 g/mol. The number of anilines is 1. The maximum atomic E-state index is 11.5. The number of methoxy groups -OCH3 is 2. The second-order valence-corrected chi connectivity index (χ2v) is 3.87. The summed E-state index contributed by atoms with van der Waals surface area (Å²) in [6.07, 6.45) is 0.135. The van der Waals surface area contributed by atoms with Crippen LogP contribution in [0.2, 0.25) is 0 Å². The van der Waals surface area contributed by atoms with Gasteiger partial charge in [-0.15, -0.1) is 12.4 Å². The highest BCUT2D eigenvalue weighted by Gasteiger charge is 2.14. The minimum atomic E-state index is -0.620. The van der Waals surface area contributed by atoms with Gasteiger partial charge in [-0.05, 0) is 18.2 Å². The number of halogens is 1. The quantitative estimate of drug-likeness (QED) is 0.784. The summed E-state index contributed by atoms with van der Waals surface area (Å²) >= 11 is 0. The predicted octanol–water partition coefficient (Wildman–Crippen LogP) is 0.969. The lowest BCUT2D eigenvalue weighted by Crippen LogP contribution is -2.17. The molecule has 1 amide bonds. The van der Waals surface area contributed by atoms with Crippen molar-refractivity contribution in [3.8, 4) is 0 Å². The summed E-state index contributed by atoms with van der Waals surface area (Å²) in [6, 6.07) is 4.15. The van der Waals surface area contributed by atoms with Crippen molar-refractivity contribution in [3.05, 3.63) is 29.3 Å². The standard InChI is InChI=1S/C13H16N2O5.ClH/c1-19-12(17)8-5-9(13(18)20-2)7-10(6-8)15-11(16)3-4-14;/h5-7H,3-4,14H2,1-2H3,(H,15,16);1H. The van der Waals surface area contributed by atoms with E-state index in [1.807, 2.05) is 0 Å². The zero-order valence-corrected chi connectivity index (χ0v) is 12.5. The van der Waals surface area contributed by atoms with Gasteiger partial charge < -0.3 is 20.5 Å². The number of carbonyl (C=O) groups excluding carboxylic acids is 3. The van der Waals surface area contributed by atoms with Crippen LogP contribution in [0.4, 0.5) is 5.69 Å². The van der Waals surface area contributed by atoms with E-state index in [0.717, 1.165) is 0 Å². The van der Waals surface area contributed by atoms with E-state index in [9.17, 15) is 14.4 Å². The van der Waals surface area contributed by atoms with E-state index in [1.54, 1.807) is 0 Å². The SMILES string of the molecule is COC(=O)c1cc(NC(=O)CCN)cc(C(=O)OC)c1.Cl. The largest absolute Gasteiger partial charge is 0.465 e. The Hall–Kier alpha value is -2.12. The van der Waals surface area contributed by atoms with E-state index < -0.39 is 11.9 Å². The number of carbonyl (C=O) groups is 3. The first kappa shape index (κ1) is 18.9. The van der Waals surface area contributed by atoms with Gasteiger partial charge in [-0.1, -0.05) is 0 Å². The van der Waals surface area contributed by atoms with Crippen molar-refractivity contribution in [1.29, 1.82) is 0 Å². The molecular weight excluding hydrogens is 300 g/mol. The molecule has 0 aliphatic rings.